The van der Waals surface area contributed by atoms with Gasteiger partial charge in [0.1, 0.15) is 4.60 Å². The molecule has 0 saturated heterocycles. The fourth-order valence-corrected chi connectivity index (χ4v) is 1.23. The van der Waals surface area contributed by atoms with Gasteiger partial charge in [-0.15, -0.1) is 0 Å². The maximum Gasteiger partial charge on any atom is 0.128 e. The van der Waals surface area contributed by atoms with E-state index in [9.17, 15) is 0 Å². The fourth-order valence-electron chi connectivity index (χ4n) is 0.911. The number of hydrogen-bond donors (Lipinski definition) is 0. The first-order chi connectivity index (χ1) is 5.47. The first-order valence-corrected chi connectivity index (χ1v) is 4.96. The van der Waals surface area contributed by atoms with Gasteiger partial charge in [-0.05, 0) is 33.8 Å². The molecule has 2 nitrogen and oxygen atoms in total. The molecule has 0 bridgehead atoms. The largest absolute Gasteiger partial charge is 0.272 e. The van der Waals surface area contributed by atoms with Gasteiger partial charge in [-0.2, -0.15) is 5.10 Å². The van der Waals surface area contributed by atoms with Crippen LogP contribution in [0, 0.1) is 5.41 Å². The molecule has 12 heavy (non-hydrogen) atoms. The summed E-state index contributed by atoms with van der Waals surface area (Å²) in [5, 5.41) is 4.25. The first kappa shape index (κ1) is 9.78. The van der Waals surface area contributed by atoms with Gasteiger partial charge >= 0.3 is 0 Å². The lowest BCUT2D eigenvalue weighted by Crippen LogP contribution is -2.10. The minimum absolute atomic E-state index is 0.387. The Balaban J connectivity index is 2.44. The van der Waals surface area contributed by atoms with Gasteiger partial charge in [-0.3, -0.25) is 4.68 Å². The molecule has 0 unspecified atom stereocenters. The first-order valence-electron chi connectivity index (χ1n) is 4.16. The van der Waals surface area contributed by atoms with E-state index in [1.54, 1.807) is 0 Å². The van der Waals surface area contributed by atoms with Gasteiger partial charge in [0.05, 0.1) is 0 Å². The van der Waals surface area contributed by atoms with Crippen molar-refractivity contribution in [2.45, 2.75) is 33.7 Å². The van der Waals surface area contributed by atoms with Gasteiger partial charge in [0.15, 0.2) is 0 Å². The van der Waals surface area contributed by atoms with E-state index in [2.05, 4.69) is 41.8 Å². The monoisotopic (exact) mass is 230 g/mol. The zero-order chi connectivity index (χ0) is 9.19. The Morgan fingerprint density at radius 2 is 2.17 bits per heavy atom. The molecule has 0 spiro atoms. The Morgan fingerprint density at radius 3 is 2.58 bits per heavy atom. The lowest BCUT2D eigenvalue weighted by molar-refractivity contribution is 0.340. The minimum atomic E-state index is 0.387. The van der Waals surface area contributed by atoms with Crippen LogP contribution in [0.2, 0.25) is 0 Å². The van der Waals surface area contributed by atoms with E-state index < -0.39 is 0 Å². The van der Waals surface area contributed by atoms with E-state index in [0.29, 0.717) is 5.41 Å². The molecule has 0 aliphatic carbocycles. The number of aryl methyl sites for hydroxylation is 1. The third-order valence-electron chi connectivity index (χ3n) is 1.70. The Hall–Kier alpha value is -0.310. The quantitative estimate of drug-likeness (QED) is 0.764. The number of nitrogens with zero attached hydrogens (tertiary/aromatic N) is 2. The molecule has 0 aromatic carbocycles. The summed E-state index contributed by atoms with van der Waals surface area (Å²) in [6.07, 6.45) is 3.15. The van der Waals surface area contributed by atoms with Gasteiger partial charge in [0.25, 0.3) is 0 Å². The standard InChI is InChI=1S/C9H15BrN2/c1-9(2,3)5-7-12-6-4-8(10)11-12/h4,6H,5,7H2,1-3H3. The molecule has 68 valence electrons. The fraction of sp³-hybridized carbons (Fsp3) is 0.667. The molecule has 0 atom stereocenters. The van der Waals surface area contributed by atoms with E-state index in [1.165, 1.54) is 0 Å². The summed E-state index contributed by atoms with van der Waals surface area (Å²) < 4.78 is 2.88. The summed E-state index contributed by atoms with van der Waals surface area (Å²) >= 11 is 3.32. The summed E-state index contributed by atoms with van der Waals surface area (Å²) in [6.45, 7) is 7.72. The lowest BCUT2D eigenvalue weighted by Gasteiger charge is -2.17. The molecule has 1 aromatic rings. The van der Waals surface area contributed by atoms with Crippen molar-refractivity contribution in [2.24, 2.45) is 5.41 Å². The Kier molecular flexibility index (Phi) is 2.94. The summed E-state index contributed by atoms with van der Waals surface area (Å²) in [6, 6.07) is 1.96. The second-order valence-corrected chi connectivity index (χ2v) is 5.02. The average Bonchev–Trinajstić information content (AvgIpc) is 2.30. The topological polar surface area (TPSA) is 17.8 Å². The second kappa shape index (κ2) is 3.60. The molecule has 1 heterocycles. The molecule has 0 N–H and O–H groups in total. The molecule has 0 fully saturated rings. The van der Waals surface area contributed by atoms with Gasteiger partial charge in [0.2, 0.25) is 0 Å². The normalized spacial score (nSPS) is 12.0. The van der Waals surface area contributed by atoms with Crippen LogP contribution in [-0.2, 0) is 6.54 Å². The zero-order valence-corrected chi connectivity index (χ0v) is 9.43. The van der Waals surface area contributed by atoms with Crippen LogP contribution >= 0.6 is 15.9 Å². The van der Waals surface area contributed by atoms with Crippen LogP contribution in [0.4, 0.5) is 0 Å². The zero-order valence-electron chi connectivity index (χ0n) is 7.84. The van der Waals surface area contributed by atoms with Crippen LogP contribution in [0.25, 0.3) is 0 Å². The Labute approximate surface area is 82.1 Å². The SMILES string of the molecule is CC(C)(C)CCn1ccc(Br)n1. The third-order valence-corrected chi connectivity index (χ3v) is 2.12. The van der Waals surface area contributed by atoms with E-state index in [4.69, 9.17) is 0 Å². The van der Waals surface area contributed by atoms with Gasteiger partial charge in [-0.1, -0.05) is 20.8 Å². The molecule has 1 aromatic heterocycles. The Bertz CT molecular complexity index is 247. The third kappa shape index (κ3) is 3.39. The molecule has 0 amide bonds. The van der Waals surface area contributed by atoms with Gasteiger partial charge in [-0.25, -0.2) is 0 Å². The lowest BCUT2D eigenvalue weighted by atomic mass is 9.92. The van der Waals surface area contributed by atoms with Crippen LogP contribution in [0.15, 0.2) is 16.9 Å². The molecule has 1 rings (SSSR count). The Morgan fingerprint density at radius 1 is 1.50 bits per heavy atom. The molecular formula is C9H15BrN2. The van der Waals surface area contributed by atoms with Crippen molar-refractivity contribution in [1.29, 1.82) is 0 Å². The summed E-state index contributed by atoms with van der Waals surface area (Å²) in [4.78, 5) is 0. The maximum absolute atomic E-state index is 4.25. The number of halogens is 1. The summed E-state index contributed by atoms with van der Waals surface area (Å²) in [5.41, 5.74) is 0.387. The molecule has 0 aliphatic heterocycles. The van der Waals surface area contributed by atoms with Crippen LogP contribution in [-0.4, -0.2) is 9.78 Å². The van der Waals surface area contributed by atoms with Crippen molar-refractivity contribution >= 4 is 15.9 Å². The van der Waals surface area contributed by atoms with Gasteiger partial charge < -0.3 is 0 Å². The highest BCUT2D eigenvalue weighted by atomic mass is 79.9. The van der Waals surface area contributed by atoms with Crippen molar-refractivity contribution in [2.75, 3.05) is 0 Å². The van der Waals surface area contributed by atoms with Crippen molar-refractivity contribution in [3.63, 3.8) is 0 Å². The molecular weight excluding hydrogens is 216 g/mol. The summed E-state index contributed by atoms with van der Waals surface area (Å²) in [7, 11) is 0. The van der Waals surface area contributed by atoms with E-state index >= 15 is 0 Å². The number of aromatic nitrogens is 2. The molecule has 0 aliphatic rings. The van der Waals surface area contributed by atoms with E-state index in [-0.39, 0.29) is 0 Å². The second-order valence-electron chi connectivity index (χ2n) is 4.21. The van der Waals surface area contributed by atoms with Crippen LogP contribution in [0.5, 0.6) is 0 Å². The van der Waals surface area contributed by atoms with Crippen LogP contribution < -0.4 is 0 Å². The van der Waals surface area contributed by atoms with Crippen LogP contribution in [0.1, 0.15) is 27.2 Å². The predicted molar refractivity (Wildman–Crippen MR) is 54.0 cm³/mol. The highest BCUT2D eigenvalue weighted by Gasteiger charge is 2.09. The molecule has 0 radical (unpaired) electrons. The van der Waals surface area contributed by atoms with E-state index in [0.717, 1.165) is 17.6 Å². The number of rotatable bonds is 2. The average molecular weight is 231 g/mol. The smallest absolute Gasteiger partial charge is 0.128 e. The summed E-state index contributed by atoms with van der Waals surface area (Å²) in [5.74, 6) is 0. The maximum atomic E-state index is 4.25. The van der Waals surface area contributed by atoms with Crippen molar-refractivity contribution in [3.8, 4) is 0 Å². The highest BCUT2D eigenvalue weighted by Crippen LogP contribution is 2.19. The van der Waals surface area contributed by atoms with Crippen molar-refractivity contribution in [1.82, 2.24) is 9.78 Å². The number of hydrogen-bond acceptors (Lipinski definition) is 1. The molecule has 0 saturated carbocycles. The van der Waals surface area contributed by atoms with Crippen molar-refractivity contribution < 1.29 is 0 Å². The van der Waals surface area contributed by atoms with Crippen molar-refractivity contribution in [3.05, 3.63) is 16.9 Å². The predicted octanol–water partition coefficient (Wildman–Crippen LogP) is 3.08. The minimum Gasteiger partial charge on any atom is -0.272 e. The van der Waals surface area contributed by atoms with Crippen LogP contribution in [0.3, 0.4) is 0 Å². The van der Waals surface area contributed by atoms with E-state index in [1.807, 2.05) is 16.9 Å². The van der Waals surface area contributed by atoms with Gasteiger partial charge in [0, 0.05) is 12.7 Å². The highest BCUT2D eigenvalue weighted by molar-refractivity contribution is 9.10. The molecule has 3 heteroatoms.